The van der Waals surface area contributed by atoms with Crippen LogP contribution in [0.2, 0.25) is 0 Å². The molecule has 1 heterocycles. The molecule has 7 heteroatoms. The van der Waals surface area contributed by atoms with Gasteiger partial charge in [0.15, 0.2) is 11.5 Å². The van der Waals surface area contributed by atoms with Gasteiger partial charge >= 0.3 is 7.75 Å². The zero-order valence-electron chi connectivity index (χ0n) is 13.3. The Kier molecular flexibility index (Phi) is 6.26. The van der Waals surface area contributed by atoms with Crippen LogP contribution in [-0.2, 0) is 20.0 Å². The van der Waals surface area contributed by atoms with Crippen molar-refractivity contribution in [2.24, 2.45) is 5.92 Å². The van der Waals surface area contributed by atoms with Gasteiger partial charge in [0.1, 0.15) is 0 Å². The van der Waals surface area contributed by atoms with Crippen molar-refractivity contribution >= 4 is 7.75 Å². The molecule has 1 aliphatic heterocycles. The molecule has 1 aliphatic rings. The van der Waals surface area contributed by atoms with Crippen LogP contribution in [0, 0.1) is 5.92 Å². The highest BCUT2D eigenvalue weighted by molar-refractivity contribution is 7.51. The van der Waals surface area contributed by atoms with Crippen LogP contribution >= 0.6 is 7.75 Å². The summed E-state index contributed by atoms with van der Waals surface area (Å²) in [6, 6.07) is 5.93. The van der Waals surface area contributed by atoms with E-state index in [1.165, 1.54) is 0 Å². The molecular formula is C15H24NO5P. The number of hydrogen-bond acceptors (Lipinski definition) is 5. The molecule has 0 radical (unpaired) electrons. The predicted molar refractivity (Wildman–Crippen MR) is 84.3 cm³/mol. The smallest absolute Gasteiger partial charge is 0.405 e. The standard InChI is InChI=1S/C15H24NO5P/c1-4-20-22(17,21-5-2)16-10-12(3)8-13-6-7-14-15(9-13)19-11-18-14/h6-7,9,12H,4-5,8,10-11H2,1-3H3,(H,16,17). The van der Waals surface area contributed by atoms with Crippen LogP contribution in [0.4, 0.5) is 0 Å². The van der Waals surface area contributed by atoms with Crippen molar-refractivity contribution < 1.29 is 23.1 Å². The van der Waals surface area contributed by atoms with Gasteiger partial charge < -0.3 is 9.47 Å². The molecule has 1 aromatic rings. The number of nitrogens with one attached hydrogen (secondary N) is 1. The van der Waals surface area contributed by atoms with Crippen LogP contribution in [0.15, 0.2) is 18.2 Å². The van der Waals surface area contributed by atoms with E-state index >= 15 is 0 Å². The average molecular weight is 329 g/mol. The lowest BCUT2D eigenvalue weighted by atomic mass is 10.0. The zero-order chi connectivity index (χ0) is 16.0. The Bertz CT molecular complexity index is 527. The van der Waals surface area contributed by atoms with E-state index in [1.807, 2.05) is 18.2 Å². The van der Waals surface area contributed by atoms with Gasteiger partial charge in [-0.25, -0.2) is 9.65 Å². The molecule has 6 nitrogen and oxygen atoms in total. The third-order valence-corrected chi connectivity index (χ3v) is 5.02. The first-order valence-electron chi connectivity index (χ1n) is 7.59. The van der Waals surface area contributed by atoms with Crippen molar-refractivity contribution in [3.05, 3.63) is 23.8 Å². The summed E-state index contributed by atoms with van der Waals surface area (Å²) in [4.78, 5) is 0. The van der Waals surface area contributed by atoms with Crippen molar-refractivity contribution in [2.45, 2.75) is 27.2 Å². The molecule has 0 fully saturated rings. The quantitative estimate of drug-likeness (QED) is 0.701. The molecule has 0 spiro atoms. The van der Waals surface area contributed by atoms with Crippen molar-refractivity contribution in [2.75, 3.05) is 26.6 Å². The third kappa shape index (κ3) is 4.71. The Hall–Kier alpha value is -1.07. The van der Waals surface area contributed by atoms with Crippen molar-refractivity contribution in [3.8, 4) is 11.5 Å². The summed E-state index contributed by atoms with van der Waals surface area (Å²) in [5, 5.41) is 2.93. The number of hydrogen-bond donors (Lipinski definition) is 1. The highest BCUT2D eigenvalue weighted by Crippen LogP contribution is 2.43. The highest BCUT2D eigenvalue weighted by Gasteiger charge is 2.23. The van der Waals surface area contributed by atoms with E-state index in [-0.39, 0.29) is 12.7 Å². The summed E-state index contributed by atoms with van der Waals surface area (Å²) >= 11 is 0. The van der Waals surface area contributed by atoms with E-state index in [1.54, 1.807) is 13.8 Å². The first kappa shape index (κ1) is 17.3. The van der Waals surface area contributed by atoms with E-state index < -0.39 is 7.75 Å². The molecule has 0 saturated carbocycles. The molecule has 2 rings (SSSR count). The Morgan fingerprint density at radius 1 is 1.23 bits per heavy atom. The minimum Gasteiger partial charge on any atom is -0.454 e. The summed E-state index contributed by atoms with van der Waals surface area (Å²) in [7, 11) is -3.19. The van der Waals surface area contributed by atoms with Gasteiger partial charge in [-0.2, -0.15) is 0 Å². The molecule has 1 atom stereocenters. The molecule has 0 bridgehead atoms. The van der Waals surface area contributed by atoms with Crippen molar-refractivity contribution in [1.82, 2.24) is 5.09 Å². The molecule has 22 heavy (non-hydrogen) atoms. The van der Waals surface area contributed by atoms with Gasteiger partial charge in [0.05, 0.1) is 13.2 Å². The summed E-state index contributed by atoms with van der Waals surface area (Å²) in [6.45, 7) is 7.20. The highest BCUT2D eigenvalue weighted by atomic mass is 31.2. The van der Waals surface area contributed by atoms with E-state index in [2.05, 4.69) is 12.0 Å². The SMILES string of the molecule is CCOP(=O)(NCC(C)Cc1ccc2c(c1)OCO2)OCC. The van der Waals surface area contributed by atoms with Crippen LogP contribution < -0.4 is 14.6 Å². The average Bonchev–Trinajstić information content (AvgIpc) is 2.93. The van der Waals surface area contributed by atoms with E-state index in [4.69, 9.17) is 18.5 Å². The van der Waals surface area contributed by atoms with Gasteiger partial charge in [-0.1, -0.05) is 13.0 Å². The zero-order valence-corrected chi connectivity index (χ0v) is 14.2. The lowest BCUT2D eigenvalue weighted by Crippen LogP contribution is -2.22. The molecule has 1 N–H and O–H groups in total. The van der Waals surface area contributed by atoms with E-state index in [9.17, 15) is 4.57 Å². The van der Waals surface area contributed by atoms with Gasteiger partial charge in [-0.15, -0.1) is 0 Å². The number of benzene rings is 1. The summed E-state index contributed by atoms with van der Waals surface area (Å²) in [6.07, 6.45) is 0.835. The minimum atomic E-state index is -3.19. The largest absolute Gasteiger partial charge is 0.454 e. The molecular weight excluding hydrogens is 305 g/mol. The van der Waals surface area contributed by atoms with Crippen LogP contribution in [0.5, 0.6) is 11.5 Å². The normalized spacial score (nSPS) is 15.0. The van der Waals surface area contributed by atoms with Gasteiger partial charge in [-0.05, 0) is 43.9 Å². The maximum Gasteiger partial charge on any atom is 0.405 e. The molecule has 1 aromatic carbocycles. The fraction of sp³-hybridized carbons (Fsp3) is 0.600. The fourth-order valence-electron chi connectivity index (χ4n) is 2.28. The number of rotatable bonds is 9. The van der Waals surface area contributed by atoms with Crippen LogP contribution in [0.1, 0.15) is 26.3 Å². The molecule has 0 aliphatic carbocycles. The maximum absolute atomic E-state index is 12.3. The number of fused-ring (bicyclic) bond motifs is 1. The lowest BCUT2D eigenvalue weighted by molar-refractivity contribution is 0.174. The molecule has 124 valence electrons. The minimum absolute atomic E-state index is 0.273. The van der Waals surface area contributed by atoms with Gasteiger partial charge in [0, 0.05) is 6.54 Å². The second kappa shape index (κ2) is 7.97. The van der Waals surface area contributed by atoms with Crippen LogP contribution in [-0.4, -0.2) is 26.6 Å². The van der Waals surface area contributed by atoms with E-state index in [0.717, 1.165) is 23.5 Å². The topological polar surface area (TPSA) is 66.0 Å². The monoisotopic (exact) mass is 329 g/mol. The molecule has 0 saturated heterocycles. The Morgan fingerprint density at radius 2 is 1.91 bits per heavy atom. The molecule has 0 aromatic heterocycles. The summed E-state index contributed by atoms with van der Waals surface area (Å²) in [5.41, 5.74) is 1.15. The van der Waals surface area contributed by atoms with Crippen molar-refractivity contribution in [1.29, 1.82) is 0 Å². The lowest BCUT2D eigenvalue weighted by Gasteiger charge is -2.20. The number of ether oxygens (including phenoxy) is 2. The first-order valence-corrected chi connectivity index (χ1v) is 9.13. The predicted octanol–water partition coefficient (Wildman–Crippen LogP) is 3.36. The summed E-state index contributed by atoms with van der Waals surface area (Å²) < 4.78 is 33.4. The van der Waals surface area contributed by atoms with Gasteiger partial charge in [-0.3, -0.25) is 9.05 Å². The Morgan fingerprint density at radius 3 is 2.59 bits per heavy atom. The Labute approximate surface area is 131 Å². The van der Waals surface area contributed by atoms with E-state index in [0.29, 0.717) is 19.8 Å². The second-order valence-corrected chi connectivity index (χ2v) is 7.02. The Balaban J connectivity index is 1.87. The summed E-state index contributed by atoms with van der Waals surface area (Å²) in [5.74, 6) is 1.84. The van der Waals surface area contributed by atoms with Gasteiger partial charge in [0.2, 0.25) is 6.79 Å². The van der Waals surface area contributed by atoms with Crippen molar-refractivity contribution in [3.63, 3.8) is 0 Å². The van der Waals surface area contributed by atoms with Crippen LogP contribution in [0.25, 0.3) is 0 Å². The van der Waals surface area contributed by atoms with Crippen LogP contribution in [0.3, 0.4) is 0 Å². The first-order chi connectivity index (χ1) is 10.6. The molecule has 0 amide bonds. The molecule has 1 unspecified atom stereocenters. The fourth-order valence-corrected chi connectivity index (χ4v) is 3.75. The maximum atomic E-state index is 12.3. The van der Waals surface area contributed by atoms with Gasteiger partial charge in [0.25, 0.3) is 0 Å². The second-order valence-electron chi connectivity index (χ2n) is 5.19. The third-order valence-electron chi connectivity index (χ3n) is 3.25.